The Kier molecular flexibility index (Phi) is 5.26. The number of hydrogen-bond acceptors (Lipinski definition) is 6. The Morgan fingerprint density at radius 3 is 2.42 bits per heavy atom. The molecule has 1 heterocycles. The number of nitro benzene ring substituents is 1. The molecule has 26 heavy (non-hydrogen) atoms. The smallest absolute Gasteiger partial charge is 0.289 e. The molecule has 0 bridgehead atoms. The normalized spacial score (nSPS) is 20.5. The first-order valence-electron chi connectivity index (χ1n) is 8.58. The summed E-state index contributed by atoms with van der Waals surface area (Å²) in [4.78, 5) is 24.2. The summed E-state index contributed by atoms with van der Waals surface area (Å²) in [5.74, 6) is -0.0393. The van der Waals surface area contributed by atoms with Crippen LogP contribution in [0.3, 0.4) is 0 Å². The molecule has 0 unspecified atom stereocenters. The van der Waals surface area contributed by atoms with E-state index in [1.165, 1.54) is 28.6 Å². The number of nitrogens with zero attached hydrogens (tertiary/aromatic N) is 3. The van der Waals surface area contributed by atoms with Gasteiger partial charge in [-0.2, -0.15) is 4.31 Å². The highest BCUT2D eigenvalue weighted by atomic mass is 32.2. The van der Waals surface area contributed by atoms with Crippen LogP contribution >= 0.6 is 0 Å². The number of amides is 1. The number of hydrogen-bond donors (Lipinski definition) is 1. The van der Waals surface area contributed by atoms with Crippen LogP contribution in [-0.4, -0.2) is 66.7 Å². The Morgan fingerprint density at radius 1 is 1.23 bits per heavy atom. The predicted octanol–water partition coefficient (Wildman–Crippen LogP) is 0.568. The lowest BCUT2D eigenvalue weighted by molar-refractivity contribution is -0.387. The summed E-state index contributed by atoms with van der Waals surface area (Å²) in [7, 11) is -3.95. The summed E-state index contributed by atoms with van der Waals surface area (Å²) in [5.41, 5.74) is -0.424. The molecular formula is C16H22N4O5S. The van der Waals surface area contributed by atoms with Gasteiger partial charge in [-0.05, 0) is 25.8 Å². The second kappa shape index (κ2) is 7.29. The summed E-state index contributed by atoms with van der Waals surface area (Å²) in [6, 6.07) is 5.31. The summed E-state index contributed by atoms with van der Waals surface area (Å²) in [5, 5.41) is 14.1. The molecule has 1 aromatic rings. The quantitative estimate of drug-likeness (QED) is 0.568. The number of nitro groups is 1. The van der Waals surface area contributed by atoms with E-state index in [1.54, 1.807) is 0 Å². The van der Waals surface area contributed by atoms with Crippen LogP contribution in [0, 0.1) is 10.1 Å². The lowest BCUT2D eigenvalue weighted by Gasteiger charge is -2.36. The topological polar surface area (TPSA) is 113 Å². The van der Waals surface area contributed by atoms with Gasteiger partial charge in [-0.25, -0.2) is 8.42 Å². The number of benzene rings is 1. The van der Waals surface area contributed by atoms with Crippen LogP contribution in [0.15, 0.2) is 29.2 Å². The van der Waals surface area contributed by atoms with E-state index in [-0.39, 0.29) is 36.0 Å². The summed E-state index contributed by atoms with van der Waals surface area (Å²) in [6.45, 7) is 2.99. The van der Waals surface area contributed by atoms with Gasteiger partial charge in [0.25, 0.3) is 5.69 Å². The Morgan fingerprint density at radius 2 is 1.85 bits per heavy atom. The number of carbonyl (C=O) groups excluding carboxylic acids is 1. The van der Waals surface area contributed by atoms with Gasteiger partial charge in [-0.3, -0.25) is 19.8 Å². The lowest BCUT2D eigenvalue weighted by Crippen LogP contribution is -2.55. The zero-order valence-electron chi connectivity index (χ0n) is 14.5. The van der Waals surface area contributed by atoms with Crippen LogP contribution in [0.4, 0.5) is 5.69 Å². The predicted molar refractivity (Wildman–Crippen MR) is 94.1 cm³/mol. The van der Waals surface area contributed by atoms with Crippen molar-refractivity contribution in [2.45, 2.75) is 36.7 Å². The average Bonchev–Trinajstić information content (AvgIpc) is 3.45. The summed E-state index contributed by atoms with van der Waals surface area (Å²) < 4.78 is 26.8. The molecule has 0 aromatic heterocycles. The second-order valence-corrected chi connectivity index (χ2v) is 8.53. The van der Waals surface area contributed by atoms with Crippen molar-refractivity contribution in [3.8, 4) is 0 Å². The third-order valence-corrected chi connectivity index (χ3v) is 6.75. The van der Waals surface area contributed by atoms with Crippen LogP contribution in [-0.2, 0) is 14.8 Å². The van der Waals surface area contributed by atoms with E-state index in [4.69, 9.17) is 0 Å². The molecule has 1 aliphatic heterocycles. The fourth-order valence-electron chi connectivity index (χ4n) is 3.01. The summed E-state index contributed by atoms with van der Waals surface area (Å²) in [6.07, 6.45) is 2.03. The van der Waals surface area contributed by atoms with E-state index in [0.29, 0.717) is 13.1 Å². The number of para-hydroxylation sites is 1. The maximum Gasteiger partial charge on any atom is 0.289 e. The standard InChI is InChI=1S/C16H22N4O5S/c1-12(16(21)17-13-6-7-13)18-8-10-19(11-9-18)26(24,25)15-5-3-2-4-14(15)20(22)23/h2-5,12-13H,6-11H2,1H3,(H,17,21)/t12-/m0/s1. The monoisotopic (exact) mass is 382 g/mol. The van der Waals surface area contributed by atoms with E-state index in [0.717, 1.165) is 12.8 Å². The van der Waals surface area contributed by atoms with Crippen molar-refractivity contribution in [2.24, 2.45) is 0 Å². The maximum absolute atomic E-state index is 12.8. The van der Waals surface area contributed by atoms with Gasteiger partial charge in [0.15, 0.2) is 4.90 Å². The Balaban J connectivity index is 1.67. The molecule has 1 aliphatic carbocycles. The first-order valence-corrected chi connectivity index (χ1v) is 10.0. The minimum Gasteiger partial charge on any atom is -0.352 e. The zero-order valence-corrected chi connectivity index (χ0v) is 15.3. The second-order valence-electron chi connectivity index (χ2n) is 6.62. The molecule has 2 fully saturated rings. The molecule has 0 spiro atoms. The first-order chi connectivity index (χ1) is 12.3. The van der Waals surface area contributed by atoms with Gasteiger partial charge in [0.1, 0.15) is 0 Å². The largest absolute Gasteiger partial charge is 0.352 e. The van der Waals surface area contributed by atoms with Gasteiger partial charge >= 0.3 is 0 Å². The van der Waals surface area contributed by atoms with Crippen LogP contribution in [0.25, 0.3) is 0 Å². The van der Waals surface area contributed by atoms with Crippen molar-refractivity contribution in [1.29, 1.82) is 0 Å². The van der Waals surface area contributed by atoms with E-state index in [2.05, 4.69) is 5.32 Å². The third kappa shape index (κ3) is 3.87. The molecule has 0 radical (unpaired) electrons. The molecular weight excluding hydrogens is 360 g/mol. The van der Waals surface area contributed by atoms with Crippen LogP contribution < -0.4 is 5.32 Å². The van der Waals surface area contributed by atoms with Gasteiger partial charge in [-0.15, -0.1) is 0 Å². The van der Waals surface area contributed by atoms with Crippen molar-refractivity contribution in [1.82, 2.24) is 14.5 Å². The highest BCUT2D eigenvalue weighted by Gasteiger charge is 2.36. The van der Waals surface area contributed by atoms with E-state index in [9.17, 15) is 23.3 Å². The molecule has 9 nitrogen and oxygen atoms in total. The van der Waals surface area contributed by atoms with E-state index >= 15 is 0 Å². The minimum atomic E-state index is -3.95. The molecule has 1 saturated carbocycles. The fraction of sp³-hybridized carbons (Fsp3) is 0.562. The number of nitrogens with one attached hydrogen (secondary N) is 1. The van der Waals surface area contributed by atoms with Crippen LogP contribution in [0.1, 0.15) is 19.8 Å². The number of sulfonamides is 1. The van der Waals surface area contributed by atoms with E-state index in [1.807, 2.05) is 11.8 Å². The molecule has 1 aromatic carbocycles. The van der Waals surface area contributed by atoms with Crippen LogP contribution in [0.2, 0.25) is 0 Å². The average molecular weight is 382 g/mol. The van der Waals surface area contributed by atoms with Gasteiger partial charge in [0.2, 0.25) is 15.9 Å². The molecule has 142 valence electrons. The van der Waals surface area contributed by atoms with Gasteiger partial charge in [0, 0.05) is 38.3 Å². The fourth-order valence-corrected chi connectivity index (χ4v) is 4.59. The number of rotatable bonds is 6. The Labute approximate surface area is 152 Å². The third-order valence-electron chi connectivity index (χ3n) is 4.80. The molecule has 2 aliphatic rings. The highest BCUT2D eigenvalue weighted by Crippen LogP contribution is 2.27. The Hall–Kier alpha value is -2.04. The van der Waals surface area contributed by atoms with Crippen molar-refractivity contribution in [2.75, 3.05) is 26.2 Å². The van der Waals surface area contributed by atoms with Crippen LogP contribution in [0.5, 0.6) is 0 Å². The lowest BCUT2D eigenvalue weighted by atomic mass is 10.2. The molecule has 3 rings (SSSR count). The van der Waals surface area contributed by atoms with Gasteiger partial charge < -0.3 is 5.32 Å². The highest BCUT2D eigenvalue weighted by molar-refractivity contribution is 7.89. The number of piperazine rings is 1. The summed E-state index contributed by atoms with van der Waals surface area (Å²) >= 11 is 0. The van der Waals surface area contributed by atoms with Crippen molar-refractivity contribution in [3.63, 3.8) is 0 Å². The zero-order chi connectivity index (χ0) is 18.9. The first kappa shape index (κ1) is 18.7. The Bertz CT molecular complexity index is 801. The maximum atomic E-state index is 12.8. The molecule has 1 amide bonds. The SMILES string of the molecule is C[C@@H](C(=O)NC1CC1)N1CCN(S(=O)(=O)c2ccccc2[N+](=O)[O-])CC1. The minimum absolute atomic E-state index is 0.0393. The molecule has 1 saturated heterocycles. The van der Waals surface area contributed by atoms with Crippen molar-refractivity contribution >= 4 is 21.6 Å². The molecule has 1 N–H and O–H groups in total. The van der Waals surface area contributed by atoms with Crippen molar-refractivity contribution < 1.29 is 18.1 Å². The molecule has 1 atom stereocenters. The van der Waals surface area contributed by atoms with Gasteiger partial charge in [0.05, 0.1) is 11.0 Å². The number of carbonyl (C=O) groups is 1. The molecule has 10 heteroatoms. The van der Waals surface area contributed by atoms with Gasteiger partial charge in [-0.1, -0.05) is 12.1 Å². The van der Waals surface area contributed by atoms with E-state index < -0.39 is 20.6 Å². The van der Waals surface area contributed by atoms with Crippen molar-refractivity contribution in [3.05, 3.63) is 34.4 Å².